The minimum Gasteiger partial charge on any atom is -0.466 e. The molecule has 0 aliphatic carbocycles. The van der Waals surface area contributed by atoms with E-state index in [0.717, 1.165) is 44.9 Å². The van der Waals surface area contributed by atoms with Crippen molar-refractivity contribution in [1.29, 1.82) is 0 Å². The first-order valence-electron chi connectivity index (χ1n) is 31.6. The molecule has 6 heteroatoms. The molecule has 0 aliphatic rings. The maximum atomic E-state index is 12.4. The van der Waals surface area contributed by atoms with Crippen molar-refractivity contribution in [3.05, 3.63) is 24.3 Å². The highest BCUT2D eigenvalue weighted by Crippen LogP contribution is 2.18. The summed E-state index contributed by atoms with van der Waals surface area (Å²) in [5, 5.41) is 23.0. The third kappa shape index (κ3) is 55.7. The molecule has 2 unspecified atom stereocenters. The summed E-state index contributed by atoms with van der Waals surface area (Å²) in [4.78, 5) is 24.5. The Bertz CT molecular complexity index is 1090. The molecule has 0 saturated heterocycles. The number of allylic oxidation sites excluding steroid dienone is 3. The maximum absolute atomic E-state index is 12.4. The van der Waals surface area contributed by atoms with Gasteiger partial charge >= 0.3 is 5.97 Å². The van der Waals surface area contributed by atoms with Gasteiger partial charge in [-0.15, -0.1) is 0 Å². The lowest BCUT2D eigenvalue weighted by molar-refractivity contribution is -0.143. The van der Waals surface area contributed by atoms with Crippen LogP contribution in [0.3, 0.4) is 0 Å². The largest absolute Gasteiger partial charge is 0.466 e. The van der Waals surface area contributed by atoms with Crippen LogP contribution in [0, 0.1) is 0 Å². The number of carbonyl (C=O) groups excluding carboxylic acids is 2. The van der Waals surface area contributed by atoms with Crippen molar-refractivity contribution in [1.82, 2.24) is 5.32 Å². The fraction of sp³-hybridized carbons (Fsp3) is 0.906. The molecule has 0 spiro atoms. The van der Waals surface area contributed by atoms with Gasteiger partial charge in [0.25, 0.3) is 0 Å². The van der Waals surface area contributed by atoms with Crippen LogP contribution in [0.2, 0.25) is 0 Å². The smallest absolute Gasteiger partial charge is 0.305 e. The Hall–Kier alpha value is -1.66. The zero-order valence-corrected chi connectivity index (χ0v) is 47.3. The molecule has 1 amide bonds. The lowest BCUT2D eigenvalue weighted by Crippen LogP contribution is -2.45. The number of aliphatic hydroxyl groups excluding tert-OH is 2. The molecule has 3 N–H and O–H groups in total. The number of esters is 1. The number of amides is 1. The summed E-state index contributed by atoms with van der Waals surface area (Å²) in [6.07, 6.45) is 73.8. The van der Waals surface area contributed by atoms with E-state index in [1.54, 1.807) is 6.08 Å². The predicted molar refractivity (Wildman–Crippen MR) is 306 cm³/mol. The van der Waals surface area contributed by atoms with Crippen molar-refractivity contribution < 1.29 is 24.5 Å². The summed E-state index contributed by atoms with van der Waals surface area (Å²) in [7, 11) is 0. The minimum atomic E-state index is -0.841. The summed E-state index contributed by atoms with van der Waals surface area (Å²) in [6, 6.07) is -0.624. The van der Waals surface area contributed by atoms with E-state index in [1.807, 2.05) is 6.08 Å². The van der Waals surface area contributed by atoms with Crippen molar-refractivity contribution >= 4 is 11.9 Å². The molecule has 0 aromatic carbocycles. The van der Waals surface area contributed by atoms with E-state index in [-0.39, 0.29) is 18.5 Å². The summed E-state index contributed by atoms with van der Waals surface area (Å²) < 4.78 is 5.50. The van der Waals surface area contributed by atoms with Crippen LogP contribution < -0.4 is 5.32 Å². The first kappa shape index (κ1) is 68.3. The molecule has 0 fully saturated rings. The van der Waals surface area contributed by atoms with E-state index in [9.17, 15) is 19.8 Å². The zero-order valence-electron chi connectivity index (χ0n) is 47.3. The molecule has 0 rings (SSSR count). The summed E-state index contributed by atoms with van der Waals surface area (Å²) in [6.45, 7) is 4.90. The van der Waals surface area contributed by atoms with E-state index in [1.165, 1.54) is 276 Å². The molecule has 6 nitrogen and oxygen atoms in total. The van der Waals surface area contributed by atoms with Crippen LogP contribution in [0.25, 0.3) is 0 Å². The second-order valence-electron chi connectivity index (χ2n) is 21.7. The number of hydrogen-bond donors (Lipinski definition) is 3. The lowest BCUT2D eigenvalue weighted by Gasteiger charge is -2.20. The Balaban J connectivity index is 3.33. The van der Waals surface area contributed by atoms with E-state index in [2.05, 4.69) is 31.3 Å². The van der Waals surface area contributed by atoms with Gasteiger partial charge in [0.05, 0.1) is 25.4 Å². The molecule has 0 saturated carbocycles. The minimum absolute atomic E-state index is 0.0133. The summed E-state index contributed by atoms with van der Waals surface area (Å²) in [5.41, 5.74) is 0. The number of hydrogen-bond acceptors (Lipinski definition) is 5. The molecule has 0 bridgehead atoms. The molecule has 0 aliphatic heterocycles. The fourth-order valence-corrected chi connectivity index (χ4v) is 9.87. The van der Waals surface area contributed by atoms with Crippen molar-refractivity contribution in [3.8, 4) is 0 Å². The molecule has 70 heavy (non-hydrogen) atoms. The number of ether oxygens (including phenoxy) is 1. The SMILES string of the molecule is CCCCCCCCC/C=C\CCCCCCCCCC(=O)OCCCCCCCCCCCCCCCCCCCCCCCCCCCC(=O)NC(CO)C(O)/C=C/CCCCCCCCCC. The highest BCUT2D eigenvalue weighted by molar-refractivity contribution is 5.76. The molecule has 414 valence electrons. The Kier molecular flexibility index (Phi) is 58.5. The van der Waals surface area contributed by atoms with Crippen LogP contribution in [0.5, 0.6) is 0 Å². The number of carbonyl (C=O) groups is 2. The second kappa shape index (κ2) is 59.9. The van der Waals surface area contributed by atoms with Crippen LogP contribution in [-0.2, 0) is 14.3 Å². The van der Waals surface area contributed by atoms with Gasteiger partial charge in [-0.1, -0.05) is 301 Å². The molecular formula is C64H123NO5. The Morgan fingerprint density at radius 2 is 0.671 bits per heavy atom. The first-order chi connectivity index (χ1) is 34.5. The molecule has 0 radical (unpaired) electrons. The topological polar surface area (TPSA) is 95.9 Å². The van der Waals surface area contributed by atoms with E-state index in [0.29, 0.717) is 19.4 Å². The van der Waals surface area contributed by atoms with E-state index >= 15 is 0 Å². The quantitative estimate of drug-likeness (QED) is 0.0321. The van der Waals surface area contributed by atoms with Gasteiger partial charge in [-0.2, -0.15) is 0 Å². The first-order valence-corrected chi connectivity index (χ1v) is 31.6. The van der Waals surface area contributed by atoms with Gasteiger partial charge in [-0.3, -0.25) is 9.59 Å². The summed E-state index contributed by atoms with van der Waals surface area (Å²) in [5.74, 6) is -0.0539. The highest BCUT2D eigenvalue weighted by Gasteiger charge is 2.18. The Labute approximate surface area is 437 Å². The van der Waals surface area contributed by atoms with E-state index < -0.39 is 12.1 Å². The van der Waals surface area contributed by atoms with Crippen LogP contribution >= 0.6 is 0 Å². The number of aliphatic hydroxyl groups is 2. The van der Waals surface area contributed by atoms with Crippen molar-refractivity contribution in [2.75, 3.05) is 13.2 Å². The van der Waals surface area contributed by atoms with Gasteiger partial charge in [-0.25, -0.2) is 0 Å². The standard InChI is InChI=1S/C64H123NO5/c1-3-5-7-9-11-13-15-16-17-18-29-32-35-38-42-46-50-54-58-64(69)70-59-55-51-47-43-39-36-33-30-27-25-23-21-19-20-22-24-26-28-31-34-37-41-45-49-53-57-63(68)65-61(60-66)62(67)56-52-48-44-40-14-12-10-8-6-4-2/h17-18,52,56,61-62,66-67H,3-16,19-51,53-55,57-60H2,1-2H3,(H,65,68)/b18-17-,56-52+. The maximum Gasteiger partial charge on any atom is 0.305 e. The van der Waals surface area contributed by atoms with Gasteiger partial charge in [0, 0.05) is 12.8 Å². The Morgan fingerprint density at radius 3 is 1.01 bits per heavy atom. The molecule has 0 heterocycles. The highest BCUT2D eigenvalue weighted by atomic mass is 16.5. The average molecular weight is 987 g/mol. The zero-order chi connectivity index (χ0) is 50.7. The lowest BCUT2D eigenvalue weighted by atomic mass is 10.0. The second-order valence-corrected chi connectivity index (χ2v) is 21.7. The molecular weight excluding hydrogens is 863 g/mol. The average Bonchev–Trinajstić information content (AvgIpc) is 3.36. The predicted octanol–water partition coefficient (Wildman–Crippen LogP) is 19.8. The van der Waals surface area contributed by atoms with Gasteiger partial charge in [0.2, 0.25) is 5.91 Å². The number of unbranched alkanes of at least 4 members (excludes halogenated alkanes) is 46. The van der Waals surface area contributed by atoms with Crippen molar-refractivity contribution in [3.63, 3.8) is 0 Å². The van der Waals surface area contributed by atoms with Gasteiger partial charge in [0.1, 0.15) is 0 Å². The molecule has 0 aromatic heterocycles. The molecule has 0 aromatic rings. The van der Waals surface area contributed by atoms with Crippen LogP contribution in [-0.4, -0.2) is 47.4 Å². The number of nitrogens with one attached hydrogen (secondary N) is 1. The van der Waals surface area contributed by atoms with Crippen molar-refractivity contribution in [2.45, 2.75) is 360 Å². The Morgan fingerprint density at radius 1 is 0.386 bits per heavy atom. The fourth-order valence-electron chi connectivity index (χ4n) is 9.87. The summed E-state index contributed by atoms with van der Waals surface area (Å²) >= 11 is 0. The van der Waals surface area contributed by atoms with Crippen molar-refractivity contribution in [2.24, 2.45) is 0 Å². The number of rotatable bonds is 59. The van der Waals surface area contributed by atoms with E-state index in [4.69, 9.17) is 4.74 Å². The van der Waals surface area contributed by atoms with Crippen LogP contribution in [0.15, 0.2) is 24.3 Å². The third-order valence-corrected chi connectivity index (χ3v) is 14.7. The van der Waals surface area contributed by atoms with Crippen LogP contribution in [0.4, 0.5) is 0 Å². The normalized spacial score (nSPS) is 12.7. The monoisotopic (exact) mass is 986 g/mol. The van der Waals surface area contributed by atoms with Gasteiger partial charge in [0.15, 0.2) is 0 Å². The van der Waals surface area contributed by atoms with Gasteiger partial charge < -0.3 is 20.3 Å². The third-order valence-electron chi connectivity index (χ3n) is 14.7. The van der Waals surface area contributed by atoms with Gasteiger partial charge in [-0.05, 0) is 57.8 Å². The molecule has 2 atom stereocenters. The van der Waals surface area contributed by atoms with Crippen LogP contribution in [0.1, 0.15) is 348 Å².